The number of rotatable bonds is 0. The Morgan fingerprint density at radius 2 is 2.10 bits per heavy atom. The maximum Gasteiger partial charge on any atom is 0.140 e. The second-order valence-corrected chi connectivity index (χ2v) is 2.71. The van der Waals surface area contributed by atoms with Crippen molar-refractivity contribution in [1.82, 2.24) is 0 Å². The molecular weight excluding hydrogens is 173 g/mol. The topological polar surface area (TPSA) is 26.0 Å². The SMILES string of the molecule is Nc1cc(Cl)cc(F)c1S. The first-order valence-electron chi connectivity index (χ1n) is 2.54. The molecule has 0 aliphatic carbocycles. The molecule has 0 aromatic heterocycles. The van der Waals surface area contributed by atoms with Gasteiger partial charge in [-0.15, -0.1) is 12.6 Å². The number of nitrogen functional groups attached to an aromatic ring is 1. The van der Waals surface area contributed by atoms with Crippen LogP contribution >= 0.6 is 24.2 Å². The largest absolute Gasteiger partial charge is 0.398 e. The van der Waals surface area contributed by atoms with E-state index in [1.807, 2.05) is 0 Å². The molecule has 0 spiro atoms. The monoisotopic (exact) mass is 177 g/mol. The fraction of sp³-hybridized carbons (Fsp3) is 0. The molecule has 54 valence electrons. The highest BCUT2D eigenvalue weighted by Gasteiger charge is 2.02. The summed E-state index contributed by atoms with van der Waals surface area (Å²) in [6.07, 6.45) is 0. The highest BCUT2D eigenvalue weighted by Crippen LogP contribution is 2.24. The molecule has 0 aliphatic rings. The summed E-state index contributed by atoms with van der Waals surface area (Å²) >= 11 is 9.27. The molecule has 1 rings (SSSR count). The molecule has 0 saturated heterocycles. The van der Waals surface area contributed by atoms with Crippen LogP contribution in [0.2, 0.25) is 5.02 Å². The van der Waals surface area contributed by atoms with Crippen LogP contribution < -0.4 is 5.73 Å². The van der Waals surface area contributed by atoms with Crippen LogP contribution in [0.15, 0.2) is 17.0 Å². The summed E-state index contributed by atoms with van der Waals surface area (Å²) in [5.74, 6) is -0.492. The quantitative estimate of drug-likeness (QED) is 0.462. The van der Waals surface area contributed by atoms with E-state index in [1.54, 1.807) is 0 Å². The van der Waals surface area contributed by atoms with Gasteiger partial charge in [-0.05, 0) is 12.1 Å². The highest BCUT2D eigenvalue weighted by molar-refractivity contribution is 7.80. The second kappa shape index (κ2) is 2.68. The van der Waals surface area contributed by atoms with E-state index in [0.717, 1.165) is 0 Å². The van der Waals surface area contributed by atoms with E-state index in [4.69, 9.17) is 17.3 Å². The fourth-order valence-corrected chi connectivity index (χ4v) is 0.928. The third kappa shape index (κ3) is 1.36. The zero-order valence-electron chi connectivity index (χ0n) is 4.94. The lowest BCUT2D eigenvalue weighted by molar-refractivity contribution is 0.604. The summed E-state index contributed by atoms with van der Waals surface area (Å²) in [5, 5.41) is 0.285. The van der Waals surface area contributed by atoms with Crippen LogP contribution in [-0.4, -0.2) is 0 Å². The van der Waals surface area contributed by atoms with Crippen LogP contribution in [0.1, 0.15) is 0 Å². The lowest BCUT2D eigenvalue weighted by Gasteiger charge is -1.99. The Kier molecular flexibility index (Phi) is 2.06. The van der Waals surface area contributed by atoms with Gasteiger partial charge in [0.25, 0.3) is 0 Å². The smallest absolute Gasteiger partial charge is 0.140 e. The molecular formula is C6H5ClFNS. The second-order valence-electron chi connectivity index (χ2n) is 1.83. The standard InChI is InChI=1S/C6H5ClFNS/c7-3-1-4(8)6(10)5(9)2-3/h1-2,10H,9H2. The molecule has 0 amide bonds. The number of halogens is 2. The molecule has 1 nitrogen and oxygen atoms in total. The molecule has 10 heavy (non-hydrogen) atoms. The molecule has 2 N–H and O–H groups in total. The molecule has 4 heteroatoms. The number of thiol groups is 1. The molecule has 0 heterocycles. The van der Waals surface area contributed by atoms with Crippen LogP contribution in [0.25, 0.3) is 0 Å². The van der Waals surface area contributed by atoms with Gasteiger partial charge in [-0.2, -0.15) is 0 Å². The maximum absolute atomic E-state index is 12.6. The summed E-state index contributed by atoms with van der Waals surface area (Å²) in [5.41, 5.74) is 5.58. The molecule has 0 aliphatic heterocycles. The zero-order chi connectivity index (χ0) is 7.72. The van der Waals surface area contributed by atoms with Crippen LogP contribution in [0.5, 0.6) is 0 Å². The third-order valence-electron chi connectivity index (χ3n) is 1.06. The lowest BCUT2D eigenvalue weighted by Crippen LogP contribution is -1.89. The fourth-order valence-electron chi connectivity index (χ4n) is 0.586. The van der Waals surface area contributed by atoms with Crippen LogP contribution in [-0.2, 0) is 0 Å². The van der Waals surface area contributed by atoms with Gasteiger partial charge in [0.1, 0.15) is 5.82 Å². The molecule has 1 aromatic carbocycles. The molecule has 0 unspecified atom stereocenters. The van der Waals surface area contributed by atoms with Crippen molar-refractivity contribution < 1.29 is 4.39 Å². The van der Waals surface area contributed by atoms with Gasteiger partial charge in [0.05, 0.1) is 4.90 Å². The molecule has 0 atom stereocenters. The van der Waals surface area contributed by atoms with Crippen molar-refractivity contribution in [3.05, 3.63) is 23.0 Å². The van der Waals surface area contributed by atoms with Gasteiger partial charge in [-0.25, -0.2) is 4.39 Å². The normalized spacial score (nSPS) is 9.90. The first kappa shape index (κ1) is 7.69. The molecule has 0 radical (unpaired) electrons. The predicted molar refractivity (Wildman–Crippen MR) is 43.1 cm³/mol. The maximum atomic E-state index is 12.6. The van der Waals surface area contributed by atoms with Crippen LogP contribution in [0, 0.1) is 5.82 Å². The van der Waals surface area contributed by atoms with Gasteiger partial charge >= 0.3 is 0 Å². The first-order chi connectivity index (χ1) is 4.61. The van der Waals surface area contributed by atoms with E-state index >= 15 is 0 Å². The third-order valence-corrected chi connectivity index (χ3v) is 1.75. The highest BCUT2D eigenvalue weighted by atomic mass is 35.5. The van der Waals surface area contributed by atoms with E-state index in [-0.39, 0.29) is 15.6 Å². The average Bonchev–Trinajstić information content (AvgIpc) is 1.82. The van der Waals surface area contributed by atoms with Gasteiger partial charge in [0.15, 0.2) is 0 Å². The Hall–Kier alpha value is -0.410. The van der Waals surface area contributed by atoms with Crippen molar-refractivity contribution in [2.45, 2.75) is 4.90 Å². The number of hydrogen-bond donors (Lipinski definition) is 2. The Bertz CT molecular complexity index is 241. The van der Waals surface area contributed by atoms with Gasteiger partial charge in [0, 0.05) is 10.7 Å². The minimum absolute atomic E-state index is 0.143. The summed E-state index contributed by atoms with van der Waals surface area (Å²) < 4.78 is 12.6. The summed E-state index contributed by atoms with van der Waals surface area (Å²) in [4.78, 5) is 0.143. The first-order valence-corrected chi connectivity index (χ1v) is 3.37. The van der Waals surface area contributed by atoms with Crippen LogP contribution in [0.3, 0.4) is 0 Å². The van der Waals surface area contributed by atoms with Crippen molar-refractivity contribution >= 4 is 29.9 Å². The summed E-state index contributed by atoms with van der Waals surface area (Å²) in [7, 11) is 0. The van der Waals surface area contributed by atoms with Crippen molar-refractivity contribution in [2.75, 3.05) is 5.73 Å². The van der Waals surface area contributed by atoms with Gasteiger partial charge in [-0.1, -0.05) is 11.6 Å². The van der Waals surface area contributed by atoms with E-state index in [0.29, 0.717) is 0 Å². The summed E-state index contributed by atoms with van der Waals surface area (Å²) in [6, 6.07) is 2.62. The Balaban J connectivity index is 3.31. The zero-order valence-corrected chi connectivity index (χ0v) is 6.59. The minimum atomic E-state index is -0.492. The number of nitrogens with two attached hydrogens (primary N) is 1. The van der Waals surface area contributed by atoms with Gasteiger partial charge in [0.2, 0.25) is 0 Å². The molecule has 0 saturated carbocycles. The summed E-state index contributed by atoms with van der Waals surface area (Å²) in [6.45, 7) is 0. The number of benzene rings is 1. The molecule has 1 aromatic rings. The van der Waals surface area contributed by atoms with Crippen molar-refractivity contribution in [1.29, 1.82) is 0 Å². The van der Waals surface area contributed by atoms with Crippen molar-refractivity contribution in [3.63, 3.8) is 0 Å². The minimum Gasteiger partial charge on any atom is -0.398 e. The van der Waals surface area contributed by atoms with Gasteiger partial charge < -0.3 is 5.73 Å². The Morgan fingerprint density at radius 1 is 1.50 bits per heavy atom. The Morgan fingerprint density at radius 3 is 2.60 bits per heavy atom. The molecule has 0 bridgehead atoms. The van der Waals surface area contributed by atoms with E-state index in [9.17, 15) is 4.39 Å². The number of hydrogen-bond acceptors (Lipinski definition) is 2. The van der Waals surface area contributed by atoms with E-state index < -0.39 is 5.82 Å². The van der Waals surface area contributed by atoms with Gasteiger partial charge in [-0.3, -0.25) is 0 Å². The van der Waals surface area contributed by atoms with Crippen molar-refractivity contribution in [2.24, 2.45) is 0 Å². The Labute approximate surface area is 68.4 Å². The van der Waals surface area contributed by atoms with Crippen molar-refractivity contribution in [3.8, 4) is 0 Å². The molecule has 0 fully saturated rings. The average molecular weight is 178 g/mol. The predicted octanol–water partition coefficient (Wildman–Crippen LogP) is 2.35. The van der Waals surface area contributed by atoms with Crippen LogP contribution in [0.4, 0.5) is 10.1 Å². The van der Waals surface area contributed by atoms with E-state index in [1.165, 1.54) is 12.1 Å². The van der Waals surface area contributed by atoms with E-state index in [2.05, 4.69) is 12.6 Å². The lowest BCUT2D eigenvalue weighted by atomic mass is 10.3. The number of anilines is 1.